The first-order chi connectivity index (χ1) is 13.6. The minimum Gasteiger partial charge on any atom is -0.506 e. The number of hydrogen-bond donors (Lipinski definition) is 1. The second kappa shape index (κ2) is 9.17. The monoisotopic (exact) mass is 418 g/mol. The Morgan fingerprint density at radius 1 is 1.38 bits per heavy atom. The zero-order valence-corrected chi connectivity index (χ0v) is 18.9. The third-order valence-electron chi connectivity index (χ3n) is 6.70. The van der Waals surface area contributed by atoms with Gasteiger partial charge in [0.1, 0.15) is 17.3 Å². The van der Waals surface area contributed by atoms with E-state index >= 15 is 0 Å². The van der Waals surface area contributed by atoms with Gasteiger partial charge in [-0.05, 0) is 43.6 Å². The number of carbonyl (C=O) groups excluding carboxylic acids is 2. The number of phenols is 1. The summed E-state index contributed by atoms with van der Waals surface area (Å²) in [6.07, 6.45) is 8.77. The summed E-state index contributed by atoms with van der Waals surface area (Å²) in [6, 6.07) is 0. The molecule has 0 aromatic heterocycles. The molecule has 29 heavy (non-hydrogen) atoms. The van der Waals surface area contributed by atoms with Crippen LogP contribution in [0.5, 0.6) is 11.5 Å². The first-order valence-corrected chi connectivity index (χ1v) is 10.4. The second-order valence-electron chi connectivity index (χ2n) is 8.31. The lowest BCUT2D eigenvalue weighted by Crippen LogP contribution is -2.40. The number of rotatable bonds is 6. The van der Waals surface area contributed by atoms with E-state index in [4.69, 9.17) is 16.3 Å². The van der Waals surface area contributed by atoms with Gasteiger partial charge >= 0.3 is 0 Å². The first kappa shape index (κ1) is 23.2. The molecule has 3 atom stereocenters. The normalized spacial score (nSPS) is 25.5. The molecule has 0 aliphatic heterocycles. The molecular weight excluding hydrogens is 388 g/mol. The van der Waals surface area contributed by atoms with Crippen molar-refractivity contribution in [1.29, 1.82) is 0 Å². The molecule has 0 unspecified atom stereocenters. The number of halogens is 1. The van der Waals surface area contributed by atoms with Crippen LogP contribution in [0.2, 0.25) is 5.02 Å². The molecule has 1 N–H and O–H groups in total. The van der Waals surface area contributed by atoms with Crippen molar-refractivity contribution in [2.75, 3.05) is 7.11 Å². The van der Waals surface area contributed by atoms with Crippen LogP contribution in [0.25, 0.3) is 0 Å². The van der Waals surface area contributed by atoms with Gasteiger partial charge in [0.05, 0.1) is 17.7 Å². The number of phenolic OH excluding ortho intramolecular Hbond substituents is 1. The maximum absolute atomic E-state index is 12.2. The molecule has 1 aromatic carbocycles. The van der Waals surface area contributed by atoms with Crippen molar-refractivity contribution in [3.63, 3.8) is 0 Å². The predicted molar refractivity (Wildman–Crippen MR) is 117 cm³/mol. The molecule has 1 fully saturated rings. The lowest BCUT2D eigenvalue weighted by atomic mass is 9.61. The molecular formula is C24H31ClO4. The van der Waals surface area contributed by atoms with Gasteiger partial charge in [-0.1, -0.05) is 56.2 Å². The van der Waals surface area contributed by atoms with Gasteiger partial charge in [-0.2, -0.15) is 0 Å². The van der Waals surface area contributed by atoms with Crippen molar-refractivity contribution < 1.29 is 19.4 Å². The second-order valence-corrected chi connectivity index (χ2v) is 8.69. The Labute approximate surface area is 178 Å². The molecule has 5 heteroatoms. The molecule has 158 valence electrons. The largest absolute Gasteiger partial charge is 0.506 e. The van der Waals surface area contributed by atoms with E-state index < -0.39 is 0 Å². The van der Waals surface area contributed by atoms with Gasteiger partial charge in [-0.15, -0.1) is 0 Å². The maximum atomic E-state index is 12.2. The number of hydrogen-bond acceptors (Lipinski definition) is 4. The van der Waals surface area contributed by atoms with Crippen LogP contribution in [0.3, 0.4) is 0 Å². The summed E-state index contributed by atoms with van der Waals surface area (Å²) in [4.78, 5) is 23.7. The highest BCUT2D eigenvalue weighted by Gasteiger charge is 2.41. The van der Waals surface area contributed by atoms with Gasteiger partial charge in [-0.25, -0.2) is 0 Å². The summed E-state index contributed by atoms with van der Waals surface area (Å²) < 4.78 is 5.39. The highest BCUT2D eigenvalue weighted by molar-refractivity contribution is 6.33. The zero-order chi connectivity index (χ0) is 21.9. The van der Waals surface area contributed by atoms with Crippen molar-refractivity contribution in [3.8, 4) is 11.5 Å². The quantitative estimate of drug-likeness (QED) is 0.464. The number of ether oxygens (including phenoxy) is 1. The summed E-state index contributed by atoms with van der Waals surface area (Å²) in [5.41, 5.74) is 2.15. The van der Waals surface area contributed by atoms with Crippen LogP contribution in [-0.2, 0) is 11.2 Å². The SMILES string of the molecule is COc1c(C=O)c(C)c(Cl)c(O)c1C/C=C(C)/C=C/[C@@]1(C)[C@H](C)CCC(=O)[C@@H]1C. The first-order valence-electron chi connectivity index (χ1n) is 10.00. The number of aldehydes is 1. The van der Waals surface area contributed by atoms with Crippen molar-refractivity contribution >= 4 is 23.7 Å². The van der Waals surface area contributed by atoms with Crippen molar-refractivity contribution in [3.05, 3.63) is 45.5 Å². The third-order valence-corrected chi connectivity index (χ3v) is 7.17. The van der Waals surface area contributed by atoms with E-state index in [1.54, 1.807) is 6.92 Å². The lowest BCUT2D eigenvalue weighted by molar-refractivity contribution is -0.129. The van der Waals surface area contributed by atoms with Crippen LogP contribution >= 0.6 is 11.6 Å². The van der Waals surface area contributed by atoms with E-state index in [0.29, 0.717) is 53.3 Å². The molecule has 0 saturated heterocycles. The van der Waals surface area contributed by atoms with Gasteiger partial charge in [0.25, 0.3) is 0 Å². The average Bonchev–Trinajstić information content (AvgIpc) is 2.71. The van der Waals surface area contributed by atoms with Gasteiger partial charge < -0.3 is 9.84 Å². The molecule has 1 aliphatic rings. The van der Waals surface area contributed by atoms with Gasteiger partial charge in [-0.3, -0.25) is 9.59 Å². The standard InChI is InChI=1S/C24H31ClO4/c1-14(11-12-24(5)15(2)8-10-20(27)17(24)4)7-9-18-22(28)21(25)16(3)19(13-26)23(18)29-6/h7,11-13,15,17,28H,8-10H2,1-6H3/b12-11+,14-7+/t15-,17+,24+/m1/s1. The molecule has 1 saturated carbocycles. The summed E-state index contributed by atoms with van der Waals surface area (Å²) >= 11 is 6.21. The Bertz CT molecular complexity index is 868. The summed E-state index contributed by atoms with van der Waals surface area (Å²) in [7, 11) is 1.47. The van der Waals surface area contributed by atoms with E-state index in [9.17, 15) is 14.7 Å². The van der Waals surface area contributed by atoms with Crippen LogP contribution in [0.15, 0.2) is 23.8 Å². The number of allylic oxidation sites excluding steroid dienone is 4. The zero-order valence-electron chi connectivity index (χ0n) is 18.1. The van der Waals surface area contributed by atoms with Crippen molar-refractivity contribution in [1.82, 2.24) is 0 Å². The molecule has 0 radical (unpaired) electrons. The van der Waals surface area contributed by atoms with E-state index in [-0.39, 0.29) is 22.1 Å². The maximum Gasteiger partial charge on any atom is 0.154 e. The lowest BCUT2D eigenvalue weighted by Gasteiger charge is -2.42. The molecule has 0 heterocycles. The molecule has 0 spiro atoms. The summed E-state index contributed by atoms with van der Waals surface area (Å²) in [5.74, 6) is 1.02. The van der Waals surface area contributed by atoms with Crippen LogP contribution < -0.4 is 4.74 Å². The van der Waals surface area contributed by atoms with E-state index in [1.807, 2.05) is 26.0 Å². The third kappa shape index (κ3) is 4.42. The van der Waals surface area contributed by atoms with Crippen molar-refractivity contribution in [2.24, 2.45) is 17.3 Å². The molecule has 1 aromatic rings. The van der Waals surface area contributed by atoms with Crippen molar-refractivity contribution in [2.45, 2.75) is 53.9 Å². The van der Waals surface area contributed by atoms with Crippen LogP contribution in [0.4, 0.5) is 0 Å². The fourth-order valence-corrected chi connectivity index (χ4v) is 4.26. The molecule has 0 amide bonds. The Kier molecular flexibility index (Phi) is 7.34. The van der Waals surface area contributed by atoms with Crippen LogP contribution in [-0.4, -0.2) is 24.3 Å². The number of aromatic hydroxyl groups is 1. The van der Waals surface area contributed by atoms with E-state index in [0.717, 1.165) is 12.0 Å². The Balaban J connectivity index is 2.33. The fourth-order valence-electron chi connectivity index (χ4n) is 4.04. The van der Waals surface area contributed by atoms with E-state index in [2.05, 4.69) is 19.9 Å². The molecule has 2 rings (SSSR count). The topological polar surface area (TPSA) is 63.6 Å². The Morgan fingerprint density at radius 2 is 2.03 bits per heavy atom. The number of carbonyl (C=O) groups is 2. The van der Waals surface area contributed by atoms with E-state index in [1.165, 1.54) is 7.11 Å². The highest BCUT2D eigenvalue weighted by atomic mass is 35.5. The van der Waals surface area contributed by atoms with Gasteiger partial charge in [0.15, 0.2) is 6.29 Å². The molecule has 1 aliphatic carbocycles. The minimum absolute atomic E-state index is 0.00880. The summed E-state index contributed by atoms with van der Waals surface area (Å²) in [6.45, 7) is 10.0. The Morgan fingerprint density at radius 3 is 2.62 bits per heavy atom. The number of methoxy groups -OCH3 is 1. The number of benzene rings is 1. The predicted octanol–water partition coefficient (Wildman–Crippen LogP) is 5.86. The Hall–Kier alpha value is -2.07. The number of Topliss-reactive ketones (excluding diaryl/α,β-unsaturated/α-hetero) is 1. The summed E-state index contributed by atoms with van der Waals surface area (Å²) in [5, 5.41) is 10.7. The highest BCUT2D eigenvalue weighted by Crippen LogP contribution is 2.45. The molecule has 0 bridgehead atoms. The van der Waals surface area contributed by atoms with Gasteiger partial charge in [0, 0.05) is 17.9 Å². The van der Waals surface area contributed by atoms with Gasteiger partial charge in [0.2, 0.25) is 0 Å². The smallest absolute Gasteiger partial charge is 0.154 e. The minimum atomic E-state index is -0.178. The van der Waals surface area contributed by atoms with Crippen LogP contribution in [0.1, 0.15) is 62.0 Å². The number of ketones is 1. The average molecular weight is 419 g/mol. The molecule has 4 nitrogen and oxygen atoms in total. The van der Waals surface area contributed by atoms with Crippen LogP contribution in [0, 0.1) is 24.2 Å². The fraction of sp³-hybridized carbons (Fsp3) is 0.500.